The fourth-order valence-corrected chi connectivity index (χ4v) is 3.19. The minimum absolute atomic E-state index is 0.0197. The average Bonchev–Trinajstić information content (AvgIpc) is 2.99. The van der Waals surface area contributed by atoms with Gasteiger partial charge in [0.25, 0.3) is 0 Å². The molecular formula is C14H24N4O. The highest BCUT2D eigenvalue weighted by molar-refractivity contribution is 5.79. The molecule has 106 valence electrons. The first-order chi connectivity index (χ1) is 9.04. The first kappa shape index (κ1) is 14.3. The first-order valence-corrected chi connectivity index (χ1v) is 7.25. The van der Waals surface area contributed by atoms with Gasteiger partial charge in [0.2, 0.25) is 5.91 Å². The maximum absolute atomic E-state index is 12.1. The molecule has 2 atom stereocenters. The van der Waals surface area contributed by atoms with Gasteiger partial charge in [-0.2, -0.15) is 5.26 Å². The SMILES string of the molecule is CC(N)C1CCN(CC(=O)NC2(C#N)CCCC2)C1. The molecule has 19 heavy (non-hydrogen) atoms. The quantitative estimate of drug-likeness (QED) is 0.779. The zero-order chi connectivity index (χ0) is 13.9. The van der Waals surface area contributed by atoms with Crippen molar-refractivity contribution in [3.05, 3.63) is 0 Å². The molecule has 0 radical (unpaired) electrons. The van der Waals surface area contributed by atoms with Crippen molar-refractivity contribution < 1.29 is 4.79 Å². The fourth-order valence-electron chi connectivity index (χ4n) is 3.19. The molecule has 0 bridgehead atoms. The van der Waals surface area contributed by atoms with Crippen LogP contribution >= 0.6 is 0 Å². The summed E-state index contributed by atoms with van der Waals surface area (Å²) >= 11 is 0. The molecule has 0 aromatic rings. The molecule has 5 heteroatoms. The Bertz CT molecular complexity index is 368. The van der Waals surface area contributed by atoms with Gasteiger partial charge in [-0.3, -0.25) is 9.69 Å². The lowest BCUT2D eigenvalue weighted by Gasteiger charge is -2.24. The van der Waals surface area contributed by atoms with E-state index in [2.05, 4.69) is 16.3 Å². The molecule has 2 unspecified atom stereocenters. The molecule has 2 rings (SSSR count). The van der Waals surface area contributed by atoms with Gasteiger partial charge in [0.1, 0.15) is 5.54 Å². The van der Waals surface area contributed by atoms with Crippen molar-refractivity contribution in [3.63, 3.8) is 0 Å². The monoisotopic (exact) mass is 264 g/mol. The van der Waals surface area contributed by atoms with Crippen LogP contribution in [0.2, 0.25) is 0 Å². The van der Waals surface area contributed by atoms with Crippen LogP contribution in [0.4, 0.5) is 0 Å². The highest BCUT2D eigenvalue weighted by Gasteiger charge is 2.36. The summed E-state index contributed by atoms with van der Waals surface area (Å²) in [5.41, 5.74) is 5.30. The minimum Gasteiger partial charge on any atom is -0.337 e. The van der Waals surface area contributed by atoms with Crippen LogP contribution in [-0.2, 0) is 4.79 Å². The Morgan fingerprint density at radius 1 is 1.58 bits per heavy atom. The summed E-state index contributed by atoms with van der Waals surface area (Å²) in [6.45, 7) is 4.24. The van der Waals surface area contributed by atoms with Crippen molar-refractivity contribution in [2.75, 3.05) is 19.6 Å². The lowest BCUT2D eigenvalue weighted by atomic mass is 10.00. The van der Waals surface area contributed by atoms with E-state index >= 15 is 0 Å². The van der Waals surface area contributed by atoms with E-state index in [0.29, 0.717) is 12.5 Å². The largest absolute Gasteiger partial charge is 0.337 e. The standard InChI is InChI=1S/C14H24N4O/c1-11(16)12-4-7-18(8-12)9-13(19)17-14(10-15)5-2-3-6-14/h11-12H,2-9,16H2,1H3,(H,17,19). The maximum atomic E-state index is 12.1. The number of nitrogens with two attached hydrogens (primary N) is 1. The van der Waals surface area contributed by atoms with Gasteiger partial charge in [-0.05, 0) is 51.5 Å². The van der Waals surface area contributed by atoms with Crippen molar-refractivity contribution in [2.45, 2.75) is 50.6 Å². The van der Waals surface area contributed by atoms with Crippen molar-refractivity contribution >= 4 is 5.91 Å². The third-order valence-electron chi connectivity index (χ3n) is 4.47. The third-order valence-corrected chi connectivity index (χ3v) is 4.47. The number of likely N-dealkylation sites (tertiary alicyclic amines) is 1. The predicted octanol–water partition coefficient (Wildman–Crippen LogP) is 0.608. The van der Waals surface area contributed by atoms with Crippen LogP contribution in [0.5, 0.6) is 0 Å². The second kappa shape index (κ2) is 5.89. The molecule has 0 aromatic heterocycles. The minimum atomic E-state index is -0.600. The zero-order valence-electron chi connectivity index (χ0n) is 11.7. The maximum Gasteiger partial charge on any atom is 0.235 e. The topological polar surface area (TPSA) is 82.2 Å². The Morgan fingerprint density at radius 3 is 2.79 bits per heavy atom. The Hall–Kier alpha value is -1.12. The van der Waals surface area contributed by atoms with Gasteiger partial charge in [-0.25, -0.2) is 0 Å². The number of nitrogens with one attached hydrogen (secondary N) is 1. The molecule has 3 N–H and O–H groups in total. The summed E-state index contributed by atoms with van der Waals surface area (Å²) in [6.07, 6.45) is 4.71. The van der Waals surface area contributed by atoms with Crippen LogP contribution in [-0.4, -0.2) is 42.0 Å². The molecule has 0 spiro atoms. The predicted molar refractivity (Wildman–Crippen MR) is 73.2 cm³/mol. The molecule has 1 aliphatic carbocycles. The highest BCUT2D eigenvalue weighted by Crippen LogP contribution is 2.28. The van der Waals surface area contributed by atoms with Crippen LogP contribution in [0.25, 0.3) is 0 Å². The molecule has 1 aliphatic heterocycles. The van der Waals surface area contributed by atoms with Gasteiger partial charge in [0.15, 0.2) is 0 Å². The molecule has 0 aromatic carbocycles. The summed E-state index contributed by atoms with van der Waals surface area (Å²) in [4.78, 5) is 14.2. The van der Waals surface area contributed by atoms with E-state index in [1.54, 1.807) is 0 Å². The molecule has 1 heterocycles. The van der Waals surface area contributed by atoms with Crippen molar-refractivity contribution in [1.29, 1.82) is 5.26 Å². The van der Waals surface area contributed by atoms with Gasteiger partial charge in [-0.15, -0.1) is 0 Å². The van der Waals surface area contributed by atoms with Crippen LogP contribution in [0.15, 0.2) is 0 Å². The lowest BCUT2D eigenvalue weighted by Crippen LogP contribution is -2.48. The molecule has 5 nitrogen and oxygen atoms in total. The van der Waals surface area contributed by atoms with Crippen LogP contribution < -0.4 is 11.1 Å². The lowest BCUT2D eigenvalue weighted by molar-refractivity contribution is -0.123. The molecular weight excluding hydrogens is 240 g/mol. The van der Waals surface area contributed by atoms with E-state index in [9.17, 15) is 10.1 Å². The van der Waals surface area contributed by atoms with E-state index in [1.807, 2.05) is 6.92 Å². The van der Waals surface area contributed by atoms with Gasteiger partial charge in [0.05, 0.1) is 12.6 Å². The second-order valence-electron chi connectivity index (χ2n) is 6.09. The molecule has 1 amide bonds. The summed E-state index contributed by atoms with van der Waals surface area (Å²) < 4.78 is 0. The number of carbonyl (C=O) groups excluding carboxylic acids is 1. The number of hydrogen-bond acceptors (Lipinski definition) is 4. The summed E-state index contributed by atoms with van der Waals surface area (Å²) in [5, 5.41) is 12.2. The first-order valence-electron chi connectivity index (χ1n) is 7.25. The van der Waals surface area contributed by atoms with Crippen molar-refractivity contribution in [2.24, 2.45) is 11.7 Å². The average molecular weight is 264 g/mol. The number of carbonyl (C=O) groups is 1. The highest BCUT2D eigenvalue weighted by atomic mass is 16.2. The summed E-state index contributed by atoms with van der Waals surface area (Å²) in [6, 6.07) is 2.48. The fraction of sp³-hybridized carbons (Fsp3) is 0.857. The number of amides is 1. The number of nitriles is 1. The second-order valence-corrected chi connectivity index (χ2v) is 6.09. The summed E-state index contributed by atoms with van der Waals surface area (Å²) in [5.74, 6) is 0.470. The van der Waals surface area contributed by atoms with E-state index < -0.39 is 5.54 Å². The molecule has 2 aliphatic rings. The number of rotatable bonds is 4. The Labute approximate surface area is 115 Å². The van der Waals surface area contributed by atoms with E-state index in [4.69, 9.17) is 5.73 Å². The van der Waals surface area contributed by atoms with Crippen molar-refractivity contribution in [1.82, 2.24) is 10.2 Å². The van der Waals surface area contributed by atoms with Gasteiger partial charge in [0, 0.05) is 12.6 Å². The van der Waals surface area contributed by atoms with Gasteiger partial charge in [-0.1, -0.05) is 0 Å². The molecule has 2 fully saturated rings. The van der Waals surface area contributed by atoms with E-state index in [0.717, 1.165) is 45.2 Å². The Balaban J connectivity index is 1.81. The number of hydrogen-bond donors (Lipinski definition) is 2. The molecule has 1 saturated carbocycles. The summed E-state index contributed by atoms with van der Waals surface area (Å²) in [7, 11) is 0. The Morgan fingerprint density at radius 2 is 2.26 bits per heavy atom. The smallest absolute Gasteiger partial charge is 0.235 e. The molecule has 1 saturated heterocycles. The third kappa shape index (κ3) is 3.46. The number of nitrogens with zero attached hydrogens (tertiary/aromatic N) is 2. The van der Waals surface area contributed by atoms with Crippen LogP contribution in [0.3, 0.4) is 0 Å². The van der Waals surface area contributed by atoms with Gasteiger partial charge < -0.3 is 11.1 Å². The van der Waals surface area contributed by atoms with Gasteiger partial charge >= 0.3 is 0 Å². The van der Waals surface area contributed by atoms with Crippen molar-refractivity contribution in [3.8, 4) is 6.07 Å². The van der Waals surface area contributed by atoms with Crippen LogP contribution in [0.1, 0.15) is 39.0 Å². The Kier molecular flexibility index (Phi) is 4.43. The van der Waals surface area contributed by atoms with E-state index in [-0.39, 0.29) is 11.9 Å². The normalized spacial score (nSPS) is 27.9. The zero-order valence-corrected chi connectivity index (χ0v) is 11.7. The van der Waals surface area contributed by atoms with Crippen LogP contribution in [0, 0.1) is 17.2 Å². The van der Waals surface area contributed by atoms with E-state index in [1.165, 1.54) is 0 Å².